The number of amides is 1. The smallest absolute Gasteiger partial charge is 0.376 e. The molecular formula is C12H14F3NO2. The van der Waals surface area contributed by atoms with Gasteiger partial charge in [0.05, 0.1) is 18.1 Å². The highest BCUT2D eigenvalue weighted by Crippen LogP contribution is 2.30. The van der Waals surface area contributed by atoms with Crippen LogP contribution in [0.25, 0.3) is 0 Å². The number of ether oxygens (including phenoxy) is 1. The number of carbonyl (C=O) groups is 1. The second kappa shape index (κ2) is 5.86. The molecule has 1 aromatic carbocycles. The van der Waals surface area contributed by atoms with Crippen molar-refractivity contribution < 1.29 is 22.7 Å². The molecule has 1 amide bonds. The summed E-state index contributed by atoms with van der Waals surface area (Å²) in [6.45, 7) is 0. The Labute approximate surface area is 103 Å². The largest absolute Gasteiger partial charge is 0.416 e. The number of hydrogen-bond acceptors (Lipinski definition) is 2. The summed E-state index contributed by atoms with van der Waals surface area (Å²) in [6, 6.07) is 4.59. The minimum atomic E-state index is -4.36. The molecule has 0 aliphatic rings. The Morgan fingerprint density at radius 2 is 1.89 bits per heavy atom. The highest BCUT2D eigenvalue weighted by Gasteiger charge is 2.30. The van der Waals surface area contributed by atoms with Gasteiger partial charge in [-0.05, 0) is 17.7 Å². The molecule has 3 nitrogen and oxygen atoms in total. The molecule has 0 saturated heterocycles. The molecule has 0 heterocycles. The van der Waals surface area contributed by atoms with Crippen LogP contribution in [0.5, 0.6) is 0 Å². The molecule has 18 heavy (non-hydrogen) atoms. The third kappa shape index (κ3) is 3.73. The van der Waals surface area contributed by atoms with E-state index in [1.54, 1.807) is 0 Å². The zero-order valence-corrected chi connectivity index (χ0v) is 10.0. The molecule has 0 aliphatic heterocycles. The Morgan fingerprint density at radius 1 is 1.33 bits per heavy atom. The van der Waals surface area contributed by atoms with Gasteiger partial charge in [-0.1, -0.05) is 12.1 Å². The van der Waals surface area contributed by atoms with Crippen LogP contribution < -0.4 is 5.32 Å². The van der Waals surface area contributed by atoms with Crippen LogP contribution in [0.4, 0.5) is 13.2 Å². The van der Waals surface area contributed by atoms with Crippen molar-refractivity contribution in [2.24, 2.45) is 0 Å². The highest BCUT2D eigenvalue weighted by molar-refractivity contribution is 5.76. The number of nitrogens with one attached hydrogen (secondary N) is 1. The Morgan fingerprint density at radius 3 is 2.28 bits per heavy atom. The van der Waals surface area contributed by atoms with Gasteiger partial charge >= 0.3 is 6.18 Å². The Balaban J connectivity index is 2.85. The predicted octanol–water partition coefficient (Wildman–Crippen LogP) is 2.53. The lowest BCUT2D eigenvalue weighted by molar-refractivity contribution is -0.137. The molecule has 100 valence electrons. The van der Waals surface area contributed by atoms with Crippen molar-refractivity contribution in [3.63, 3.8) is 0 Å². The lowest BCUT2D eigenvalue weighted by Gasteiger charge is -2.15. The molecule has 1 N–H and O–H groups in total. The topological polar surface area (TPSA) is 38.3 Å². The van der Waals surface area contributed by atoms with Gasteiger partial charge in [-0.2, -0.15) is 13.2 Å². The molecule has 1 unspecified atom stereocenters. The average molecular weight is 261 g/mol. The van der Waals surface area contributed by atoms with Crippen LogP contribution in [0.2, 0.25) is 0 Å². The number of carbonyl (C=O) groups excluding carboxylic acids is 1. The summed E-state index contributed by atoms with van der Waals surface area (Å²) in [6.07, 6.45) is -4.84. The number of rotatable bonds is 4. The molecule has 0 aromatic heterocycles. The minimum Gasteiger partial charge on any atom is -0.376 e. The third-order valence-electron chi connectivity index (χ3n) is 2.54. The van der Waals surface area contributed by atoms with E-state index in [4.69, 9.17) is 4.74 Å². The first-order valence-electron chi connectivity index (χ1n) is 5.29. The van der Waals surface area contributed by atoms with Gasteiger partial charge < -0.3 is 10.1 Å². The van der Waals surface area contributed by atoms with Crippen LogP contribution in [0.15, 0.2) is 24.3 Å². The Bertz CT molecular complexity index is 401. The molecule has 6 heteroatoms. The van der Waals surface area contributed by atoms with E-state index in [2.05, 4.69) is 5.32 Å². The van der Waals surface area contributed by atoms with E-state index in [-0.39, 0.29) is 12.3 Å². The SMILES string of the molecule is CNC(=O)CC(OC)c1ccc(C(F)(F)F)cc1. The molecule has 0 aliphatic carbocycles. The number of benzene rings is 1. The van der Waals surface area contributed by atoms with Gasteiger partial charge in [-0.3, -0.25) is 4.79 Å². The lowest BCUT2D eigenvalue weighted by atomic mass is 10.0. The zero-order valence-electron chi connectivity index (χ0n) is 10.0. The Hall–Kier alpha value is -1.56. The average Bonchev–Trinajstić information content (AvgIpc) is 2.34. The fourth-order valence-electron chi connectivity index (χ4n) is 1.49. The second-order valence-corrected chi connectivity index (χ2v) is 3.72. The van der Waals surface area contributed by atoms with Crippen molar-refractivity contribution in [3.05, 3.63) is 35.4 Å². The summed E-state index contributed by atoms with van der Waals surface area (Å²) in [7, 11) is 2.90. The van der Waals surface area contributed by atoms with E-state index in [1.807, 2.05) is 0 Å². The summed E-state index contributed by atoms with van der Waals surface area (Å²) >= 11 is 0. The normalized spacial score (nSPS) is 13.2. The first-order chi connectivity index (χ1) is 8.38. The molecule has 0 fully saturated rings. The van der Waals surface area contributed by atoms with Gasteiger partial charge in [0, 0.05) is 14.2 Å². The van der Waals surface area contributed by atoms with E-state index in [9.17, 15) is 18.0 Å². The number of hydrogen-bond donors (Lipinski definition) is 1. The van der Waals surface area contributed by atoms with Crippen molar-refractivity contribution in [3.8, 4) is 0 Å². The van der Waals surface area contributed by atoms with Crippen LogP contribution >= 0.6 is 0 Å². The minimum absolute atomic E-state index is 0.0678. The van der Waals surface area contributed by atoms with E-state index < -0.39 is 17.8 Å². The number of halogens is 3. The molecule has 1 rings (SSSR count). The van der Waals surface area contributed by atoms with Crippen molar-refractivity contribution in [2.45, 2.75) is 18.7 Å². The molecule has 0 bridgehead atoms. The van der Waals surface area contributed by atoms with Crippen molar-refractivity contribution in [1.29, 1.82) is 0 Å². The van der Waals surface area contributed by atoms with Gasteiger partial charge in [0.1, 0.15) is 0 Å². The molecule has 0 saturated carbocycles. The van der Waals surface area contributed by atoms with Crippen molar-refractivity contribution in [2.75, 3.05) is 14.2 Å². The van der Waals surface area contributed by atoms with Crippen LogP contribution in [-0.4, -0.2) is 20.1 Å². The van der Waals surface area contributed by atoms with E-state index in [1.165, 1.54) is 26.3 Å². The summed E-state index contributed by atoms with van der Waals surface area (Å²) in [4.78, 5) is 11.2. The second-order valence-electron chi connectivity index (χ2n) is 3.72. The van der Waals surface area contributed by atoms with E-state index in [0.717, 1.165) is 12.1 Å². The fraction of sp³-hybridized carbons (Fsp3) is 0.417. The molecular weight excluding hydrogens is 247 g/mol. The van der Waals surface area contributed by atoms with Crippen LogP contribution in [0.1, 0.15) is 23.7 Å². The van der Waals surface area contributed by atoms with Gasteiger partial charge in [0.15, 0.2) is 0 Å². The molecule has 0 radical (unpaired) electrons. The monoisotopic (exact) mass is 261 g/mol. The van der Waals surface area contributed by atoms with E-state index in [0.29, 0.717) is 5.56 Å². The standard InChI is InChI=1S/C12H14F3NO2/c1-16-11(17)7-10(18-2)8-3-5-9(6-4-8)12(13,14)15/h3-6,10H,7H2,1-2H3,(H,16,17). The quantitative estimate of drug-likeness (QED) is 0.904. The summed E-state index contributed by atoms with van der Waals surface area (Å²) < 4.78 is 42.2. The maximum atomic E-state index is 12.4. The van der Waals surface area contributed by atoms with Crippen molar-refractivity contribution in [1.82, 2.24) is 5.32 Å². The highest BCUT2D eigenvalue weighted by atomic mass is 19.4. The zero-order chi connectivity index (χ0) is 13.8. The first kappa shape index (κ1) is 14.5. The molecule has 1 atom stereocenters. The van der Waals surface area contributed by atoms with Gasteiger partial charge in [-0.15, -0.1) is 0 Å². The van der Waals surface area contributed by atoms with Gasteiger partial charge in [-0.25, -0.2) is 0 Å². The van der Waals surface area contributed by atoms with E-state index >= 15 is 0 Å². The first-order valence-corrected chi connectivity index (χ1v) is 5.29. The molecule has 0 spiro atoms. The maximum absolute atomic E-state index is 12.4. The number of methoxy groups -OCH3 is 1. The summed E-state index contributed by atoms with van der Waals surface area (Å²) in [5, 5.41) is 2.44. The van der Waals surface area contributed by atoms with Gasteiger partial charge in [0.25, 0.3) is 0 Å². The number of alkyl halides is 3. The third-order valence-corrected chi connectivity index (χ3v) is 2.54. The maximum Gasteiger partial charge on any atom is 0.416 e. The van der Waals surface area contributed by atoms with Crippen molar-refractivity contribution >= 4 is 5.91 Å². The summed E-state index contributed by atoms with van der Waals surface area (Å²) in [5.74, 6) is -0.234. The lowest BCUT2D eigenvalue weighted by Crippen LogP contribution is -2.21. The van der Waals surface area contributed by atoms with Crippen LogP contribution in [0, 0.1) is 0 Å². The predicted molar refractivity (Wildman–Crippen MR) is 59.9 cm³/mol. The molecule has 1 aromatic rings. The van der Waals surface area contributed by atoms with Gasteiger partial charge in [0.2, 0.25) is 5.91 Å². The van der Waals surface area contributed by atoms with Crippen LogP contribution in [-0.2, 0) is 15.7 Å². The van der Waals surface area contributed by atoms with Crippen LogP contribution in [0.3, 0.4) is 0 Å². The fourth-order valence-corrected chi connectivity index (χ4v) is 1.49. The summed E-state index contributed by atoms with van der Waals surface area (Å²) in [5.41, 5.74) is -0.185. The Kier molecular flexibility index (Phi) is 4.72.